The van der Waals surface area contributed by atoms with Gasteiger partial charge in [-0.15, -0.1) is 12.4 Å². The summed E-state index contributed by atoms with van der Waals surface area (Å²) in [6, 6.07) is 0. The van der Waals surface area contributed by atoms with E-state index in [1.54, 1.807) is 0 Å². The molecule has 4 nitrogen and oxygen atoms in total. The van der Waals surface area contributed by atoms with Gasteiger partial charge in [0.25, 0.3) is 0 Å². The van der Waals surface area contributed by atoms with E-state index in [0.29, 0.717) is 32.5 Å². The Bertz CT molecular complexity index is 675. The lowest BCUT2D eigenvalue weighted by Gasteiger charge is -2.35. The molecule has 0 saturated carbocycles. The maximum absolute atomic E-state index is 13.3. The Kier molecular flexibility index (Phi) is 32.2. The van der Waals surface area contributed by atoms with Crippen LogP contribution >= 0.6 is 12.4 Å². The van der Waals surface area contributed by atoms with E-state index in [1.165, 1.54) is 128 Å². The van der Waals surface area contributed by atoms with E-state index in [0.717, 1.165) is 38.5 Å². The van der Waals surface area contributed by atoms with Gasteiger partial charge in [-0.3, -0.25) is 9.59 Å². The summed E-state index contributed by atoms with van der Waals surface area (Å²) in [7, 11) is 0. The Morgan fingerprint density at radius 3 is 1.20 bits per heavy atom. The third kappa shape index (κ3) is 23.9. The lowest BCUT2D eigenvalue weighted by molar-refractivity contribution is -0.161. The van der Waals surface area contributed by atoms with Crippen LogP contribution in [-0.4, -0.2) is 36.9 Å². The number of Topliss-reactive ketones (excluding diaryl/α,β-unsaturated/α-hetero) is 2. The molecule has 1 aliphatic heterocycles. The topological polar surface area (TPSA) is 55.4 Å². The van der Waals surface area contributed by atoms with Gasteiger partial charge in [-0.2, -0.15) is 0 Å². The Balaban J connectivity index is 0.0000194. The molecule has 1 saturated heterocycles. The second-order valence-electron chi connectivity index (χ2n) is 13.4. The van der Waals surface area contributed by atoms with Crippen LogP contribution in [0.3, 0.4) is 0 Å². The van der Waals surface area contributed by atoms with Crippen LogP contribution in [0.25, 0.3) is 0 Å². The minimum Gasteiger partial charge on any atom is -0.357 e. The Morgan fingerprint density at radius 1 is 0.533 bits per heavy atom. The Morgan fingerprint density at radius 2 is 0.867 bits per heavy atom. The molecule has 0 aromatic heterocycles. The number of rotatable bonds is 32. The summed E-state index contributed by atoms with van der Waals surface area (Å²) in [6.07, 6.45) is 42.5. The first-order valence-corrected chi connectivity index (χ1v) is 19.4. The van der Waals surface area contributed by atoms with Crippen molar-refractivity contribution in [1.29, 1.82) is 0 Å². The molecule has 0 atom stereocenters. The fourth-order valence-corrected chi connectivity index (χ4v) is 6.24. The first-order chi connectivity index (χ1) is 21.7. The number of allylic oxidation sites excluding steroid dienone is 4. The molecular formula is C40H74ClNO3. The molecule has 0 radical (unpaired) electrons. The lowest BCUT2D eigenvalue weighted by atomic mass is 9.86. The van der Waals surface area contributed by atoms with Crippen LogP contribution in [0.4, 0.5) is 0 Å². The first kappa shape index (κ1) is 44.0. The SMILES string of the molecule is CCCCCCCCC=CCCCCCCCC(=O)C1(C(=O)CCCCCCCC=CCCCCCCCC)CNCCO1.Cl. The third-order valence-electron chi connectivity index (χ3n) is 9.23. The van der Waals surface area contributed by atoms with Crippen molar-refractivity contribution in [3.05, 3.63) is 24.3 Å². The molecule has 264 valence electrons. The van der Waals surface area contributed by atoms with Gasteiger partial charge < -0.3 is 10.1 Å². The predicted molar refractivity (Wildman–Crippen MR) is 198 cm³/mol. The zero-order valence-corrected chi connectivity index (χ0v) is 30.7. The fraction of sp³-hybridized carbons (Fsp3) is 0.850. The quantitative estimate of drug-likeness (QED) is 0.0446. The maximum Gasteiger partial charge on any atom is 0.196 e. The number of carbonyl (C=O) groups is 2. The minimum absolute atomic E-state index is 0. The van der Waals surface area contributed by atoms with E-state index in [9.17, 15) is 9.59 Å². The predicted octanol–water partition coefficient (Wildman–Crippen LogP) is 12.0. The Labute approximate surface area is 286 Å². The third-order valence-corrected chi connectivity index (χ3v) is 9.23. The smallest absolute Gasteiger partial charge is 0.196 e. The van der Waals surface area contributed by atoms with Crippen LogP contribution in [0.5, 0.6) is 0 Å². The fourth-order valence-electron chi connectivity index (χ4n) is 6.24. The molecule has 45 heavy (non-hydrogen) atoms. The van der Waals surface area contributed by atoms with Gasteiger partial charge in [0, 0.05) is 25.9 Å². The molecule has 1 aliphatic rings. The number of unbranched alkanes of at least 4 members (excludes halogenated alkanes) is 22. The van der Waals surface area contributed by atoms with Gasteiger partial charge in [-0.1, -0.05) is 141 Å². The molecule has 1 N–H and O–H groups in total. The van der Waals surface area contributed by atoms with Gasteiger partial charge in [0.1, 0.15) is 0 Å². The van der Waals surface area contributed by atoms with Crippen molar-refractivity contribution < 1.29 is 14.3 Å². The summed E-state index contributed by atoms with van der Waals surface area (Å²) < 4.78 is 5.96. The molecule has 0 aromatic rings. The van der Waals surface area contributed by atoms with Crippen molar-refractivity contribution in [1.82, 2.24) is 5.32 Å². The van der Waals surface area contributed by atoms with Gasteiger partial charge in [0.05, 0.1) is 6.61 Å². The molecule has 1 fully saturated rings. The summed E-state index contributed by atoms with van der Waals surface area (Å²) in [4.78, 5) is 26.5. The molecular weight excluding hydrogens is 578 g/mol. The lowest BCUT2D eigenvalue weighted by Crippen LogP contribution is -2.60. The number of ether oxygens (including phenoxy) is 1. The van der Waals surface area contributed by atoms with Crippen molar-refractivity contribution in [3.8, 4) is 0 Å². The molecule has 0 unspecified atom stereocenters. The van der Waals surface area contributed by atoms with E-state index < -0.39 is 5.60 Å². The number of carbonyl (C=O) groups excluding carboxylic acids is 2. The number of hydrogen-bond acceptors (Lipinski definition) is 4. The van der Waals surface area contributed by atoms with Crippen LogP contribution in [0.1, 0.15) is 194 Å². The van der Waals surface area contributed by atoms with Gasteiger partial charge in [-0.05, 0) is 64.2 Å². The van der Waals surface area contributed by atoms with Crippen LogP contribution in [0.2, 0.25) is 0 Å². The summed E-state index contributed by atoms with van der Waals surface area (Å²) in [5, 5.41) is 3.27. The zero-order chi connectivity index (χ0) is 31.8. The van der Waals surface area contributed by atoms with Gasteiger partial charge >= 0.3 is 0 Å². The van der Waals surface area contributed by atoms with Gasteiger partial charge in [0.15, 0.2) is 17.2 Å². The molecule has 0 bridgehead atoms. The van der Waals surface area contributed by atoms with Crippen molar-refractivity contribution >= 4 is 24.0 Å². The molecule has 0 aromatic carbocycles. The highest BCUT2D eigenvalue weighted by molar-refractivity contribution is 6.10. The molecule has 5 heteroatoms. The van der Waals surface area contributed by atoms with Gasteiger partial charge in [0.2, 0.25) is 0 Å². The highest BCUT2D eigenvalue weighted by atomic mass is 35.5. The Hall–Kier alpha value is -0.970. The standard InChI is InChI=1S/C40H73NO3.ClH/c1-3-5-7-9-11-13-15-17-19-21-23-25-27-29-31-33-38(42)40(37-41-35-36-44-40)39(43)34-32-30-28-26-24-22-20-18-16-14-12-10-8-6-4-2;/h17-20,41H,3-16,21-37H2,1-2H3;1H. The number of halogens is 1. The summed E-state index contributed by atoms with van der Waals surface area (Å²) in [5.74, 6) is 0.000137. The highest BCUT2D eigenvalue weighted by Gasteiger charge is 2.46. The van der Waals surface area contributed by atoms with Crippen LogP contribution in [0.15, 0.2) is 24.3 Å². The normalized spacial score (nSPS) is 16.8. The second-order valence-corrected chi connectivity index (χ2v) is 13.4. The van der Waals surface area contributed by atoms with E-state index in [1.807, 2.05) is 0 Å². The average molecular weight is 652 g/mol. The number of ketones is 2. The largest absolute Gasteiger partial charge is 0.357 e. The van der Waals surface area contributed by atoms with E-state index in [2.05, 4.69) is 43.5 Å². The summed E-state index contributed by atoms with van der Waals surface area (Å²) in [6.45, 7) is 6.04. The first-order valence-electron chi connectivity index (χ1n) is 19.4. The zero-order valence-electron chi connectivity index (χ0n) is 29.9. The van der Waals surface area contributed by atoms with Crippen molar-refractivity contribution in [2.75, 3.05) is 19.7 Å². The highest BCUT2D eigenvalue weighted by Crippen LogP contribution is 2.24. The molecule has 0 spiro atoms. The van der Waals surface area contributed by atoms with E-state index >= 15 is 0 Å². The summed E-state index contributed by atoms with van der Waals surface area (Å²) in [5.41, 5.74) is -1.24. The summed E-state index contributed by atoms with van der Waals surface area (Å²) >= 11 is 0. The molecule has 0 aliphatic carbocycles. The van der Waals surface area contributed by atoms with Crippen molar-refractivity contribution in [2.45, 2.75) is 199 Å². The van der Waals surface area contributed by atoms with E-state index in [4.69, 9.17) is 4.74 Å². The van der Waals surface area contributed by atoms with Crippen molar-refractivity contribution in [2.24, 2.45) is 0 Å². The second kappa shape index (κ2) is 33.0. The van der Waals surface area contributed by atoms with Crippen LogP contribution < -0.4 is 5.32 Å². The average Bonchev–Trinajstić information content (AvgIpc) is 3.04. The van der Waals surface area contributed by atoms with Crippen LogP contribution in [-0.2, 0) is 14.3 Å². The monoisotopic (exact) mass is 652 g/mol. The number of hydrogen-bond donors (Lipinski definition) is 1. The molecule has 0 amide bonds. The van der Waals surface area contributed by atoms with E-state index in [-0.39, 0.29) is 24.0 Å². The number of morpholine rings is 1. The number of nitrogens with one attached hydrogen (secondary N) is 1. The maximum atomic E-state index is 13.3. The van der Waals surface area contributed by atoms with Gasteiger partial charge in [-0.25, -0.2) is 0 Å². The van der Waals surface area contributed by atoms with Crippen molar-refractivity contribution in [3.63, 3.8) is 0 Å². The minimum atomic E-state index is -1.24. The molecule has 1 heterocycles. The van der Waals surface area contributed by atoms with Crippen LogP contribution in [0, 0.1) is 0 Å². The molecule has 1 rings (SSSR count).